The first-order chi connectivity index (χ1) is 10.5. The second-order valence-corrected chi connectivity index (χ2v) is 7.52. The SMILES string of the molecule is CCOc1ccc(C)cc1S(=O)(=O)NC[C@H]1CCN(CC)C1. The van der Waals surface area contributed by atoms with Gasteiger partial charge in [0.1, 0.15) is 10.6 Å². The first kappa shape index (κ1) is 17.2. The Labute approximate surface area is 133 Å². The molecule has 1 saturated heterocycles. The van der Waals surface area contributed by atoms with Crippen molar-refractivity contribution in [3.8, 4) is 5.75 Å². The van der Waals surface area contributed by atoms with Gasteiger partial charge in [-0.25, -0.2) is 13.1 Å². The summed E-state index contributed by atoms with van der Waals surface area (Å²) in [7, 11) is -3.54. The van der Waals surface area contributed by atoms with Crippen LogP contribution in [0.15, 0.2) is 23.1 Å². The van der Waals surface area contributed by atoms with Gasteiger partial charge < -0.3 is 9.64 Å². The second kappa shape index (κ2) is 7.44. The Bertz CT molecular complexity index is 601. The molecule has 2 rings (SSSR count). The Kier molecular flexibility index (Phi) is 5.83. The minimum atomic E-state index is -3.54. The zero-order chi connectivity index (χ0) is 16.2. The van der Waals surface area contributed by atoms with Crippen LogP contribution in [0.25, 0.3) is 0 Å². The predicted octanol–water partition coefficient (Wildman–Crippen LogP) is 2.01. The molecule has 1 aromatic carbocycles. The zero-order valence-corrected chi connectivity index (χ0v) is 14.4. The number of nitrogens with one attached hydrogen (secondary N) is 1. The van der Waals surface area contributed by atoms with E-state index in [1.165, 1.54) is 0 Å². The monoisotopic (exact) mass is 326 g/mol. The summed E-state index contributed by atoms with van der Waals surface area (Å²) in [5.74, 6) is 0.803. The lowest BCUT2D eigenvalue weighted by Gasteiger charge is -2.16. The number of hydrogen-bond donors (Lipinski definition) is 1. The minimum absolute atomic E-state index is 0.236. The van der Waals surface area contributed by atoms with Gasteiger partial charge in [-0.15, -0.1) is 0 Å². The fraction of sp³-hybridized carbons (Fsp3) is 0.625. The number of rotatable bonds is 7. The fourth-order valence-electron chi connectivity index (χ4n) is 2.77. The molecule has 0 aliphatic carbocycles. The minimum Gasteiger partial charge on any atom is -0.492 e. The predicted molar refractivity (Wildman–Crippen MR) is 87.8 cm³/mol. The van der Waals surface area contributed by atoms with E-state index in [2.05, 4.69) is 16.5 Å². The molecule has 0 bridgehead atoms. The molecule has 22 heavy (non-hydrogen) atoms. The number of likely N-dealkylation sites (tertiary alicyclic amines) is 1. The van der Waals surface area contributed by atoms with Crippen molar-refractivity contribution in [3.05, 3.63) is 23.8 Å². The maximum atomic E-state index is 12.6. The van der Waals surface area contributed by atoms with Crippen LogP contribution in [0.5, 0.6) is 5.75 Å². The quantitative estimate of drug-likeness (QED) is 0.833. The second-order valence-electron chi connectivity index (χ2n) is 5.78. The molecular weight excluding hydrogens is 300 g/mol. The molecule has 1 atom stereocenters. The van der Waals surface area contributed by atoms with Crippen LogP contribution in [0, 0.1) is 12.8 Å². The van der Waals surface area contributed by atoms with Crippen molar-refractivity contribution in [2.75, 3.05) is 32.8 Å². The summed E-state index contributed by atoms with van der Waals surface area (Å²) in [4.78, 5) is 2.58. The Hall–Kier alpha value is -1.11. The average molecular weight is 326 g/mol. The van der Waals surface area contributed by atoms with Crippen molar-refractivity contribution >= 4 is 10.0 Å². The first-order valence-corrected chi connectivity index (χ1v) is 9.40. The van der Waals surface area contributed by atoms with Crippen LogP contribution in [-0.2, 0) is 10.0 Å². The molecule has 0 unspecified atom stereocenters. The lowest BCUT2D eigenvalue weighted by atomic mass is 10.1. The number of aryl methyl sites for hydroxylation is 1. The molecule has 1 heterocycles. The lowest BCUT2D eigenvalue weighted by Crippen LogP contribution is -2.31. The Balaban J connectivity index is 2.08. The van der Waals surface area contributed by atoms with Gasteiger partial charge in [-0.1, -0.05) is 13.0 Å². The molecule has 1 aliphatic heterocycles. The van der Waals surface area contributed by atoms with Gasteiger partial charge in [-0.2, -0.15) is 0 Å². The van der Waals surface area contributed by atoms with Gasteiger partial charge in [0.15, 0.2) is 0 Å². The summed E-state index contributed by atoms with van der Waals surface area (Å²) in [6.45, 7) is 9.83. The molecule has 0 spiro atoms. The van der Waals surface area contributed by atoms with Crippen LogP contribution in [0.2, 0.25) is 0 Å². The highest BCUT2D eigenvalue weighted by Gasteiger charge is 2.25. The van der Waals surface area contributed by atoms with E-state index in [0.717, 1.165) is 31.6 Å². The summed E-state index contributed by atoms with van der Waals surface area (Å²) in [5, 5.41) is 0. The molecule has 0 saturated carbocycles. The topological polar surface area (TPSA) is 58.6 Å². The van der Waals surface area contributed by atoms with Gasteiger partial charge in [0.05, 0.1) is 6.61 Å². The van der Waals surface area contributed by atoms with E-state index in [1.54, 1.807) is 12.1 Å². The van der Waals surface area contributed by atoms with Crippen molar-refractivity contribution in [3.63, 3.8) is 0 Å². The van der Waals surface area contributed by atoms with Gasteiger partial charge in [-0.05, 0) is 57.0 Å². The fourth-order valence-corrected chi connectivity index (χ4v) is 4.12. The Morgan fingerprint density at radius 1 is 1.36 bits per heavy atom. The number of nitrogens with zero attached hydrogens (tertiary/aromatic N) is 1. The molecular formula is C16H26N2O3S. The van der Waals surface area contributed by atoms with Crippen LogP contribution < -0.4 is 9.46 Å². The highest BCUT2D eigenvalue weighted by atomic mass is 32.2. The molecule has 124 valence electrons. The summed E-state index contributed by atoms with van der Waals surface area (Å²) in [6, 6.07) is 5.25. The van der Waals surface area contributed by atoms with E-state index in [-0.39, 0.29) is 4.90 Å². The van der Waals surface area contributed by atoms with Gasteiger partial charge in [0.2, 0.25) is 10.0 Å². The molecule has 1 aromatic rings. The van der Waals surface area contributed by atoms with Gasteiger partial charge in [0.25, 0.3) is 0 Å². The standard InChI is InChI=1S/C16H26N2O3S/c1-4-18-9-8-14(12-18)11-17-22(19,20)16-10-13(3)6-7-15(16)21-5-2/h6-7,10,14,17H,4-5,8-9,11-12H2,1-3H3/t14-/m1/s1. The first-order valence-electron chi connectivity index (χ1n) is 7.91. The summed E-state index contributed by atoms with van der Waals surface area (Å²) >= 11 is 0. The van der Waals surface area contributed by atoms with E-state index in [9.17, 15) is 8.42 Å². The number of hydrogen-bond acceptors (Lipinski definition) is 4. The third-order valence-corrected chi connectivity index (χ3v) is 5.51. The van der Waals surface area contributed by atoms with Crippen molar-refractivity contribution in [1.29, 1.82) is 0 Å². The van der Waals surface area contributed by atoms with Crippen LogP contribution in [0.3, 0.4) is 0 Å². The Morgan fingerprint density at radius 3 is 2.77 bits per heavy atom. The van der Waals surface area contributed by atoms with Gasteiger partial charge in [-0.3, -0.25) is 0 Å². The average Bonchev–Trinajstić information content (AvgIpc) is 2.95. The van der Waals surface area contributed by atoms with Crippen molar-refractivity contribution in [2.24, 2.45) is 5.92 Å². The van der Waals surface area contributed by atoms with Gasteiger partial charge >= 0.3 is 0 Å². The number of ether oxygens (including phenoxy) is 1. The molecule has 0 aromatic heterocycles. The molecule has 1 N–H and O–H groups in total. The molecule has 1 fully saturated rings. The number of benzene rings is 1. The van der Waals surface area contributed by atoms with Crippen molar-refractivity contribution < 1.29 is 13.2 Å². The third-order valence-electron chi connectivity index (χ3n) is 4.07. The van der Waals surface area contributed by atoms with Crippen LogP contribution >= 0.6 is 0 Å². The van der Waals surface area contributed by atoms with E-state index in [0.29, 0.717) is 24.8 Å². The summed E-state index contributed by atoms with van der Waals surface area (Å²) < 4.78 is 33.4. The van der Waals surface area contributed by atoms with Crippen LogP contribution in [0.1, 0.15) is 25.8 Å². The van der Waals surface area contributed by atoms with E-state index >= 15 is 0 Å². The smallest absolute Gasteiger partial charge is 0.244 e. The largest absolute Gasteiger partial charge is 0.492 e. The summed E-state index contributed by atoms with van der Waals surface area (Å²) in [6.07, 6.45) is 1.04. The maximum absolute atomic E-state index is 12.6. The molecule has 0 radical (unpaired) electrons. The lowest BCUT2D eigenvalue weighted by molar-refractivity contribution is 0.330. The molecule has 6 heteroatoms. The maximum Gasteiger partial charge on any atom is 0.244 e. The zero-order valence-electron chi connectivity index (χ0n) is 13.6. The van der Waals surface area contributed by atoms with Crippen LogP contribution in [-0.4, -0.2) is 46.1 Å². The highest BCUT2D eigenvalue weighted by molar-refractivity contribution is 7.89. The van der Waals surface area contributed by atoms with E-state index in [1.807, 2.05) is 19.9 Å². The molecule has 5 nitrogen and oxygen atoms in total. The van der Waals surface area contributed by atoms with Gasteiger partial charge in [0, 0.05) is 13.1 Å². The molecule has 1 aliphatic rings. The number of sulfonamides is 1. The third kappa shape index (κ3) is 4.21. The van der Waals surface area contributed by atoms with E-state index in [4.69, 9.17) is 4.74 Å². The normalized spacial score (nSPS) is 19.5. The highest BCUT2D eigenvalue weighted by Crippen LogP contribution is 2.25. The van der Waals surface area contributed by atoms with Crippen molar-refractivity contribution in [1.82, 2.24) is 9.62 Å². The van der Waals surface area contributed by atoms with E-state index < -0.39 is 10.0 Å². The van der Waals surface area contributed by atoms with Crippen LogP contribution in [0.4, 0.5) is 0 Å². The molecule has 0 amide bonds. The Morgan fingerprint density at radius 2 is 2.14 bits per heavy atom. The summed E-state index contributed by atoms with van der Waals surface area (Å²) in [5.41, 5.74) is 0.904. The van der Waals surface area contributed by atoms with Crippen molar-refractivity contribution in [2.45, 2.75) is 32.1 Å².